The molecule has 1 heterocycles. The first kappa shape index (κ1) is 13.3. The van der Waals surface area contributed by atoms with E-state index in [9.17, 15) is 0 Å². The third-order valence-electron chi connectivity index (χ3n) is 5.36. The van der Waals surface area contributed by atoms with Gasteiger partial charge in [0.25, 0.3) is 0 Å². The number of hydrogen-bond donors (Lipinski definition) is 2. The SMILES string of the molecule is CSC1(CNC2CCCC2C2CCCCN2)CC1. The van der Waals surface area contributed by atoms with Gasteiger partial charge in [-0.15, -0.1) is 0 Å². The van der Waals surface area contributed by atoms with Gasteiger partial charge in [0.15, 0.2) is 0 Å². The predicted molar refractivity (Wildman–Crippen MR) is 80.3 cm³/mol. The van der Waals surface area contributed by atoms with Crippen LogP contribution in [0.15, 0.2) is 0 Å². The highest BCUT2D eigenvalue weighted by atomic mass is 32.2. The molecule has 0 bridgehead atoms. The quantitative estimate of drug-likeness (QED) is 0.802. The number of thioether (sulfide) groups is 1. The Hall–Kier alpha value is 0.270. The second-order valence-corrected chi connectivity index (χ2v) is 7.80. The summed E-state index contributed by atoms with van der Waals surface area (Å²) in [5.74, 6) is 0.906. The minimum Gasteiger partial charge on any atom is -0.314 e. The van der Waals surface area contributed by atoms with Crippen LogP contribution in [-0.4, -0.2) is 36.2 Å². The van der Waals surface area contributed by atoms with Crippen LogP contribution in [0.5, 0.6) is 0 Å². The van der Waals surface area contributed by atoms with Gasteiger partial charge in [-0.25, -0.2) is 0 Å². The summed E-state index contributed by atoms with van der Waals surface area (Å²) < 4.78 is 0.618. The Bertz CT molecular complexity index is 272. The van der Waals surface area contributed by atoms with Crippen LogP contribution in [0, 0.1) is 5.92 Å². The number of nitrogens with one attached hydrogen (secondary N) is 2. The zero-order valence-electron chi connectivity index (χ0n) is 11.7. The maximum atomic E-state index is 3.92. The Kier molecular flexibility index (Phi) is 4.21. The summed E-state index contributed by atoms with van der Waals surface area (Å²) in [4.78, 5) is 0. The summed E-state index contributed by atoms with van der Waals surface area (Å²) in [5, 5.41) is 7.69. The van der Waals surface area contributed by atoms with Crippen molar-refractivity contribution in [1.82, 2.24) is 10.6 Å². The Morgan fingerprint density at radius 3 is 2.72 bits per heavy atom. The average molecular weight is 268 g/mol. The van der Waals surface area contributed by atoms with Crippen molar-refractivity contribution in [2.24, 2.45) is 5.92 Å². The molecule has 2 N–H and O–H groups in total. The Labute approximate surface area is 116 Å². The van der Waals surface area contributed by atoms with Crippen LogP contribution in [0.25, 0.3) is 0 Å². The molecule has 2 nitrogen and oxygen atoms in total. The minimum absolute atomic E-state index is 0.618. The summed E-state index contributed by atoms with van der Waals surface area (Å²) in [6, 6.07) is 1.61. The Balaban J connectivity index is 1.51. The molecule has 0 radical (unpaired) electrons. The van der Waals surface area contributed by atoms with E-state index in [1.54, 1.807) is 0 Å². The van der Waals surface area contributed by atoms with Gasteiger partial charge in [0.1, 0.15) is 0 Å². The predicted octanol–water partition coefficient (Wildman–Crippen LogP) is 2.78. The second-order valence-electron chi connectivity index (χ2n) is 6.53. The van der Waals surface area contributed by atoms with E-state index in [0.717, 1.165) is 18.0 Å². The summed E-state index contributed by atoms with van der Waals surface area (Å²) in [5.41, 5.74) is 0. The van der Waals surface area contributed by atoms with E-state index in [4.69, 9.17) is 0 Å². The number of piperidine rings is 1. The zero-order chi connectivity index (χ0) is 12.4. The van der Waals surface area contributed by atoms with Crippen molar-refractivity contribution >= 4 is 11.8 Å². The van der Waals surface area contributed by atoms with Crippen molar-refractivity contribution < 1.29 is 0 Å². The van der Waals surface area contributed by atoms with E-state index in [1.807, 2.05) is 0 Å². The lowest BCUT2D eigenvalue weighted by atomic mass is 9.88. The number of rotatable bonds is 5. The summed E-state index contributed by atoms with van der Waals surface area (Å²) in [6.45, 7) is 2.50. The molecule has 3 fully saturated rings. The fraction of sp³-hybridized carbons (Fsp3) is 1.00. The van der Waals surface area contributed by atoms with Gasteiger partial charge in [-0.2, -0.15) is 11.8 Å². The van der Waals surface area contributed by atoms with Crippen LogP contribution in [0.2, 0.25) is 0 Å². The highest BCUT2D eigenvalue weighted by molar-refractivity contribution is 8.00. The summed E-state index contributed by atoms with van der Waals surface area (Å²) in [6.07, 6.45) is 13.7. The Morgan fingerprint density at radius 2 is 2.06 bits per heavy atom. The lowest BCUT2D eigenvalue weighted by Crippen LogP contribution is -2.48. The smallest absolute Gasteiger partial charge is 0.0282 e. The van der Waals surface area contributed by atoms with Crippen molar-refractivity contribution in [3.63, 3.8) is 0 Å². The molecule has 1 saturated heterocycles. The fourth-order valence-corrected chi connectivity index (χ4v) is 4.62. The van der Waals surface area contributed by atoms with E-state index in [-0.39, 0.29) is 0 Å². The molecule has 0 spiro atoms. The first-order valence-electron chi connectivity index (χ1n) is 7.85. The maximum absolute atomic E-state index is 3.92. The van der Waals surface area contributed by atoms with E-state index >= 15 is 0 Å². The third kappa shape index (κ3) is 2.88. The molecule has 0 aromatic heterocycles. The molecular weight excluding hydrogens is 240 g/mol. The average Bonchev–Trinajstić information content (AvgIpc) is 3.07. The molecule has 3 unspecified atom stereocenters. The van der Waals surface area contributed by atoms with Crippen molar-refractivity contribution in [2.45, 2.75) is 68.2 Å². The number of hydrogen-bond acceptors (Lipinski definition) is 3. The molecule has 18 heavy (non-hydrogen) atoms. The van der Waals surface area contributed by atoms with Crippen LogP contribution in [0.1, 0.15) is 51.4 Å². The topological polar surface area (TPSA) is 24.1 Å². The van der Waals surface area contributed by atoms with Crippen LogP contribution in [0.4, 0.5) is 0 Å². The highest BCUT2D eigenvalue weighted by Gasteiger charge is 2.43. The molecule has 3 heteroatoms. The molecule has 3 atom stereocenters. The molecule has 0 aromatic carbocycles. The van der Waals surface area contributed by atoms with Gasteiger partial charge in [0, 0.05) is 23.4 Å². The third-order valence-corrected chi connectivity index (χ3v) is 6.78. The highest BCUT2D eigenvalue weighted by Crippen LogP contribution is 2.47. The van der Waals surface area contributed by atoms with E-state index < -0.39 is 0 Å². The van der Waals surface area contributed by atoms with Gasteiger partial charge in [0.2, 0.25) is 0 Å². The van der Waals surface area contributed by atoms with Gasteiger partial charge in [-0.3, -0.25) is 0 Å². The first-order valence-corrected chi connectivity index (χ1v) is 9.07. The molecule has 2 saturated carbocycles. The van der Waals surface area contributed by atoms with Gasteiger partial charge in [0.05, 0.1) is 0 Å². The lowest BCUT2D eigenvalue weighted by Gasteiger charge is -2.33. The van der Waals surface area contributed by atoms with Crippen molar-refractivity contribution in [3.8, 4) is 0 Å². The second kappa shape index (κ2) is 5.72. The molecule has 1 aliphatic heterocycles. The van der Waals surface area contributed by atoms with Gasteiger partial charge >= 0.3 is 0 Å². The molecule has 0 aromatic rings. The van der Waals surface area contributed by atoms with Gasteiger partial charge < -0.3 is 10.6 Å². The van der Waals surface area contributed by atoms with Crippen LogP contribution >= 0.6 is 11.8 Å². The Morgan fingerprint density at radius 1 is 1.17 bits per heavy atom. The lowest BCUT2D eigenvalue weighted by molar-refractivity contribution is 0.257. The van der Waals surface area contributed by atoms with Crippen LogP contribution < -0.4 is 10.6 Å². The monoisotopic (exact) mass is 268 g/mol. The van der Waals surface area contributed by atoms with E-state index in [0.29, 0.717) is 4.75 Å². The van der Waals surface area contributed by atoms with Crippen LogP contribution in [0.3, 0.4) is 0 Å². The standard InChI is InChI=1S/C15H28N2S/c1-18-15(8-9-15)11-17-14-7-4-5-12(14)13-6-2-3-10-16-13/h12-14,16-17H,2-11H2,1H3. The largest absolute Gasteiger partial charge is 0.314 e. The normalized spacial score (nSPS) is 38.8. The summed E-state index contributed by atoms with van der Waals surface area (Å²) in [7, 11) is 0. The van der Waals surface area contributed by atoms with Crippen molar-refractivity contribution in [1.29, 1.82) is 0 Å². The zero-order valence-corrected chi connectivity index (χ0v) is 12.5. The molecule has 0 amide bonds. The van der Waals surface area contributed by atoms with E-state index in [2.05, 4.69) is 28.7 Å². The van der Waals surface area contributed by atoms with Gasteiger partial charge in [-0.1, -0.05) is 12.8 Å². The van der Waals surface area contributed by atoms with Crippen molar-refractivity contribution in [3.05, 3.63) is 0 Å². The molecule has 104 valence electrons. The van der Waals surface area contributed by atoms with Crippen LogP contribution in [-0.2, 0) is 0 Å². The fourth-order valence-electron chi connectivity index (χ4n) is 3.88. The molecular formula is C15H28N2S. The van der Waals surface area contributed by atoms with Crippen molar-refractivity contribution in [2.75, 3.05) is 19.3 Å². The minimum atomic E-state index is 0.618. The molecule has 3 aliphatic rings. The molecule has 3 rings (SSSR count). The maximum Gasteiger partial charge on any atom is 0.0282 e. The summed E-state index contributed by atoms with van der Waals surface area (Å²) >= 11 is 2.08. The van der Waals surface area contributed by atoms with Gasteiger partial charge in [-0.05, 0) is 57.2 Å². The molecule has 2 aliphatic carbocycles. The first-order chi connectivity index (χ1) is 8.83. The van der Waals surface area contributed by atoms with E-state index in [1.165, 1.54) is 64.5 Å².